The minimum Gasteiger partial charge on any atom is -0.511 e. The molecule has 2 N–H and O–H groups in total. The van der Waals surface area contributed by atoms with Gasteiger partial charge in [-0.2, -0.15) is 0 Å². The Morgan fingerprint density at radius 1 is 1.67 bits per heavy atom. The van der Waals surface area contributed by atoms with Crippen molar-refractivity contribution in [3.05, 3.63) is 10.8 Å². The second kappa shape index (κ2) is 3.46. The quantitative estimate of drug-likeness (QED) is 0.611. The lowest BCUT2D eigenvalue weighted by atomic mass is 9.83. The summed E-state index contributed by atoms with van der Waals surface area (Å²) in [7, 11) is 0. The third kappa shape index (κ3) is 1.47. The maximum absolute atomic E-state index is 10.5. The molecule has 0 radical (unpaired) electrons. The van der Waals surface area contributed by atoms with Gasteiger partial charge in [-0.15, -0.1) is 0 Å². The summed E-state index contributed by atoms with van der Waals surface area (Å²) in [5.74, 6) is -0.781. The predicted molar refractivity (Wildman–Crippen MR) is 44.8 cm³/mol. The molecule has 0 saturated heterocycles. The van der Waals surface area contributed by atoms with Crippen LogP contribution in [0.1, 0.15) is 13.3 Å². The van der Waals surface area contributed by atoms with Crippen LogP contribution >= 0.6 is 11.6 Å². The Hall–Kier alpha value is -0.540. The lowest BCUT2D eigenvalue weighted by Crippen LogP contribution is -2.32. The molecule has 3 nitrogen and oxygen atoms in total. The van der Waals surface area contributed by atoms with E-state index >= 15 is 0 Å². The Kier molecular flexibility index (Phi) is 2.75. The van der Waals surface area contributed by atoms with Crippen molar-refractivity contribution in [3.8, 4) is 0 Å². The van der Waals surface area contributed by atoms with Gasteiger partial charge >= 0.3 is 0 Å². The fourth-order valence-corrected chi connectivity index (χ4v) is 1.63. The Morgan fingerprint density at radius 2 is 2.25 bits per heavy atom. The molecule has 0 saturated carbocycles. The van der Waals surface area contributed by atoms with E-state index in [0.29, 0.717) is 6.29 Å². The summed E-state index contributed by atoms with van der Waals surface area (Å²) < 4.78 is 0. The van der Waals surface area contributed by atoms with Crippen LogP contribution < -0.4 is 0 Å². The van der Waals surface area contributed by atoms with E-state index in [1.54, 1.807) is 6.92 Å². The number of carbonyl (C=O) groups excluding carboxylic acids is 1. The molecule has 3 atom stereocenters. The second-order valence-electron chi connectivity index (χ2n) is 3.07. The third-order valence-corrected chi connectivity index (χ3v) is 2.82. The van der Waals surface area contributed by atoms with E-state index in [2.05, 4.69) is 0 Å². The molecule has 1 aliphatic rings. The minimum absolute atomic E-state index is 0.00485. The molecule has 1 rings (SSSR count). The highest BCUT2D eigenvalue weighted by Gasteiger charge is 2.33. The number of aliphatic hydroxyl groups excluding tert-OH is 2. The molecule has 3 unspecified atom stereocenters. The molecule has 1 aliphatic carbocycles. The number of allylic oxidation sites excluding steroid dienone is 1. The Labute approximate surface area is 75.7 Å². The summed E-state index contributed by atoms with van der Waals surface area (Å²) in [5, 5.41) is 18.8. The molecule has 0 aliphatic heterocycles. The van der Waals surface area contributed by atoms with Gasteiger partial charge in [-0.25, -0.2) is 0 Å². The average molecular weight is 191 g/mol. The van der Waals surface area contributed by atoms with Gasteiger partial charge in [0.25, 0.3) is 0 Å². The van der Waals surface area contributed by atoms with Crippen LogP contribution in [0.2, 0.25) is 0 Å². The maximum Gasteiger partial charge on any atom is 0.126 e. The van der Waals surface area contributed by atoms with E-state index < -0.39 is 12.0 Å². The largest absolute Gasteiger partial charge is 0.511 e. The number of halogens is 1. The van der Waals surface area contributed by atoms with Crippen LogP contribution in [-0.2, 0) is 4.79 Å². The van der Waals surface area contributed by atoms with Gasteiger partial charge in [-0.1, -0.05) is 18.5 Å². The minimum atomic E-state index is -0.806. The van der Waals surface area contributed by atoms with Crippen molar-refractivity contribution in [2.75, 3.05) is 0 Å². The van der Waals surface area contributed by atoms with Gasteiger partial charge in [0.05, 0.1) is 11.1 Å². The molecule has 0 heterocycles. The van der Waals surface area contributed by atoms with Crippen LogP contribution in [0.15, 0.2) is 10.8 Å². The first-order valence-corrected chi connectivity index (χ1v) is 4.16. The molecule has 0 amide bonds. The van der Waals surface area contributed by atoms with Crippen LogP contribution in [-0.4, -0.2) is 22.6 Å². The third-order valence-electron chi connectivity index (χ3n) is 2.26. The van der Waals surface area contributed by atoms with Crippen molar-refractivity contribution in [2.45, 2.75) is 19.4 Å². The van der Waals surface area contributed by atoms with Gasteiger partial charge in [0.2, 0.25) is 0 Å². The number of hydrogen-bond donors (Lipinski definition) is 2. The lowest BCUT2D eigenvalue weighted by molar-refractivity contribution is -0.116. The predicted octanol–water partition coefficient (Wildman–Crippen LogP) is 1.21. The molecular formula is C8H11ClO3. The first-order valence-electron chi connectivity index (χ1n) is 3.78. The molecular weight excluding hydrogens is 180 g/mol. The zero-order valence-corrected chi connectivity index (χ0v) is 7.45. The topological polar surface area (TPSA) is 57.5 Å². The number of aldehydes is 1. The summed E-state index contributed by atoms with van der Waals surface area (Å²) >= 11 is 5.72. The Bertz CT molecular complexity index is 224. The first-order chi connectivity index (χ1) is 5.57. The number of hydrogen-bond acceptors (Lipinski definition) is 3. The van der Waals surface area contributed by atoms with Gasteiger partial charge in [0.15, 0.2) is 0 Å². The zero-order chi connectivity index (χ0) is 9.30. The van der Waals surface area contributed by atoms with E-state index in [1.807, 2.05) is 0 Å². The average Bonchev–Trinajstić information content (AvgIpc) is 2.01. The monoisotopic (exact) mass is 190 g/mol. The zero-order valence-electron chi connectivity index (χ0n) is 6.70. The van der Waals surface area contributed by atoms with Gasteiger partial charge in [0.1, 0.15) is 12.0 Å². The number of rotatable bonds is 1. The van der Waals surface area contributed by atoms with Crippen LogP contribution in [0.4, 0.5) is 0 Å². The molecule has 68 valence electrons. The normalized spacial score (nSPS) is 36.8. The van der Waals surface area contributed by atoms with Crippen LogP contribution in [0.3, 0.4) is 0 Å². The van der Waals surface area contributed by atoms with Crippen molar-refractivity contribution in [1.29, 1.82) is 0 Å². The maximum atomic E-state index is 10.5. The fourth-order valence-electron chi connectivity index (χ4n) is 1.41. The fraction of sp³-hybridized carbons (Fsp3) is 0.625. The molecule has 0 aromatic rings. The molecule has 4 heteroatoms. The highest BCUT2D eigenvalue weighted by molar-refractivity contribution is 6.30. The first kappa shape index (κ1) is 9.55. The van der Waals surface area contributed by atoms with Crippen LogP contribution in [0, 0.1) is 11.8 Å². The standard InChI is InChI=1S/C8H11ClO3/c1-4-5(3-10)6(11)2-7(12)8(4)9/h3-6,11-12H,2H2,1H3. The van der Waals surface area contributed by atoms with E-state index in [1.165, 1.54) is 0 Å². The van der Waals surface area contributed by atoms with E-state index in [-0.39, 0.29) is 23.1 Å². The highest BCUT2D eigenvalue weighted by Crippen LogP contribution is 2.34. The van der Waals surface area contributed by atoms with Crippen LogP contribution in [0.5, 0.6) is 0 Å². The second-order valence-corrected chi connectivity index (χ2v) is 3.48. The lowest BCUT2D eigenvalue weighted by Gasteiger charge is -2.28. The summed E-state index contributed by atoms with van der Waals surface area (Å²) in [4.78, 5) is 10.5. The van der Waals surface area contributed by atoms with E-state index in [9.17, 15) is 15.0 Å². The summed E-state index contributed by atoms with van der Waals surface area (Å²) in [6.45, 7) is 1.71. The van der Waals surface area contributed by atoms with E-state index in [0.717, 1.165) is 0 Å². The molecule has 0 fully saturated rings. The van der Waals surface area contributed by atoms with Gasteiger partial charge in [-0.05, 0) is 0 Å². The molecule has 0 aromatic heterocycles. The Balaban J connectivity index is 2.92. The summed E-state index contributed by atoms with van der Waals surface area (Å²) in [6, 6.07) is 0. The van der Waals surface area contributed by atoms with Crippen molar-refractivity contribution in [2.24, 2.45) is 11.8 Å². The highest BCUT2D eigenvalue weighted by atomic mass is 35.5. The van der Waals surface area contributed by atoms with E-state index in [4.69, 9.17) is 11.6 Å². The SMILES string of the molecule is CC1C(Cl)=C(O)CC(O)C1C=O. The molecule has 12 heavy (non-hydrogen) atoms. The summed E-state index contributed by atoms with van der Waals surface area (Å²) in [5.41, 5.74) is 0. The van der Waals surface area contributed by atoms with Crippen molar-refractivity contribution < 1.29 is 15.0 Å². The van der Waals surface area contributed by atoms with Crippen molar-refractivity contribution in [3.63, 3.8) is 0 Å². The van der Waals surface area contributed by atoms with Gasteiger partial charge < -0.3 is 15.0 Å². The van der Waals surface area contributed by atoms with Crippen LogP contribution in [0.25, 0.3) is 0 Å². The Morgan fingerprint density at radius 3 is 2.75 bits per heavy atom. The van der Waals surface area contributed by atoms with Crippen molar-refractivity contribution >= 4 is 17.9 Å². The number of aliphatic hydroxyl groups is 2. The molecule has 0 aromatic carbocycles. The van der Waals surface area contributed by atoms with Crippen molar-refractivity contribution in [1.82, 2.24) is 0 Å². The smallest absolute Gasteiger partial charge is 0.126 e. The summed E-state index contributed by atoms with van der Waals surface area (Å²) in [6.07, 6.45) is -0.0449. The van der Waals surface area contributed by atoms with Gasteiger partial charge in [0, 0.05) is 18.3 Å². The molecule has 0 spiro atoms. The van der Waals surface area contributed by atoms with Gasteiger partial charge in [-0.3, -0.25) is 0 Å². The molecule has 0 bridgehead atoms. The number of carbonyl (C=O) groups is 1.